The molecule has 0 bridgehead atoms. The predicted octanol–water partition coefficient (Wildman–Crippen LogP) is 4.94. The van der Waals surface area contributed by atoms with E-state index >= 15 is 0 Å². The molecule has 3 rings (SSSR count). The molecule has 3 N–H and O–H groups in total. The van der Waals surface area contributed by atoms with E-state index in [4.69, 9.17) is 10.5 Å². The molecule has 0 radical (unpaired) electrons. The van der Waals surface area contributed by atoms with E-state index in [1.807, 2.05) is 12.1 Å². The van der Waals surface area contributed by atoms with Crippen molar-refractivity contribution in [2.75, 3.05) is 12.3 Å². The number of aryl methyl sites for hydroxylation is 1. The van der Waals surface area contributed by atoms with Gasteiger partial charge in [0.25, 0.3) is 0 Å². The number of hydrogen-bond acceptors (Lipinski definition) is 3. The Morgan fingerprint density at radius 2 is 1.96 bits per heavy atom. The third kappa shape index (κ3) is 5.50. The highest BCUT2D eigenvalue weighted by molar-refractivity contribution is 5.39. The van der Waals surface area contributed by atoms with E-state index in [2.05, 4.69) is 55.6 Å². The summed E-state index contributed by atoms with van der Waals surface area (Å²) in [5.41, 5.74) is 9.12. The second kappa shape index (κ2) is 9.09. The van der Waals surface area contributed by atoms with E-state index in [0.717, 1.165) is 30.4 Å². The highest BCUT2D eigenvalue weighted by Gasteiger charge is 2.27. The number of anilines is 1. The third-order valence-corrected chi connectivity index (χ3v) is 5.54. The number of nitrogens with one attached hydrogen (secondary N) is 1. The van der Waals surface area contributed by atoms with Gasteiger partial charge in [0.15, 0.2) is 0 Å². The van der Waals surface area contributed by atoms with Gasteiger partial charge in [-0.3, -0.25) is 0 Å². The second-order valence-corrected chi connectivity index (χ2v) is 7.83. The molecule has 0 amide bonds. The minimum atomic E-state index is 0.357. The quantitative estimate of drug-likeness (QED) is 0.694. The zero-order valence-corrected chi connectivity index (χ0v) is 16.1. The predicted molar refractivity (Wildman–Crippen MR) is 109 cm³/mol. The van der Waals surface area contributed by atoms with Gasteiger partial charge in [-0.1, -0.05) is 31.2 Å². The van der Waals surface area contributed by atoms with Gasteiger partial charge >= 0.3 is 0 Å². The van der Waals surface area contributed by atoms with Crippen molar-refractivity contribution in [1.82, 2.24) is 5.32 Å². The lowest BCUT2D eigenvalue weighted by molar-refractivity contribution is 0.102. The number of benzene rings is 2. The Balaban J connectivity index is 1.45. The van der Waals surface area contributed by atoms with Crippen LogP contribution in [-0.2, 0) is 6.54 Å². The Morgan fingerprint density at radius 3 is 2.73 bits per heavy atom. The molecule has 0 saturated heterocycles. The van der Waals surface area contributed by atoms with Crippen molar-refractivity contribution in [3.63, 3.8) is 0 Å². The lowest BCUT2D eigenvalue weighted by Gasteiger charge is -2.33. The maximum absolute atomic E-state index is 6.27. The summed E-state index contributed by atoms with van der Waals surface area (Å²) in [6.07, 6.45) is 5.28. The van der Waals surface area contributed by atoms with Crippen LogP contribution in [0.15, 0.2) is 48.5 Å². The van der Waals surface area contributed by atoms with E-state index in [-0.39, 0.29) is 0 Å². The van der Waals surface area contributed by atoms with Gasteiger partial charge in [0.05, 0.1) is 6.10 Å². The van der Waals surface area contributed by atoms with Crippen LogP contribution in [0.3, 0.4) is 0 Å². The fourth-order valence-electron chi connectivity index (χ4n) is 3.93. The van der Waals surface area contributed by atoms with Crippen LogP contribution in [0, 0.1) is 18.8 Å². The number of hydrogen-bond donors (Lipinski definition) is 2. The number of rotatable bonds is 7. The molecule has 2 aromatic carbocycles. The number of nitrogens with two attached hydrogens (primary N) is 1. The van der Waals surface area contributed by atoms with E-state index in [9.17, 15) is 0 Å². The average Bonchev–Trinajstić information content (AvgIpc) is 2.63. The van der Waals surface area contributed by atoms with Crippen molar-refractivity contribution in [3.8, 4) is 5.75 Å². The van der Waals surface area contributed by atoms with Crippen molar-refractivity contribution >= 4 is 5.69 Å². The molecule has 1 aliphatic rings. The van der Waals surface area contributed by atoms with E-state index < -0.39 is 0 Å². The van der Waals surface area contributed by atoms with Gasteiger partial charge in [0.1, 0.15) is 5.75 Å². The highest BCUT2D eigenvalue weighted by atomic mass is 16.5. The molecule has 140 valence electrons. The molecule has 0 spiro atoms. The Hall–Kier alpha value is -2.00. The Kier molecular flexibility index (Phi) is 6.56. The molecule has 3 heteroatoms. The lowest BCUT2D eigenvalue weighted by atomic mass is 9.79. The summed E-state index contributed by atoms with van der Waals surface area (Å²) in [7, 11) is 0. The lowest BCUT2D eigenvalue weighted by Crippen LogP contribution is -2.33. The topological polar surface area (TPSA) is 47.3 Å². The van der Waals surface area contributed by atoms with E-state index in [0.29, 0.717) is 12.0 Å². The fourth-order valence-corrected chi connectivity index (χ4v) is 3.93. The summed E-state index contributed by atoms with van der Waals surface area (Å²) in [4.78, 5) is 0. The van der Waals surface area contributed by atoms with Crippen molar-refractivity contribution < 1.29 is 4.74 Å². The highest BCUT2D eigenvalue weighted by Crippen LogP contribution is 2.32. The molecule has 1 fully saturated rings. The second-order valence-electron chi connectivity index (χ2n) is 7.83. The molecule has 26 heavy (non-hydrogen) atoms. The maximum atomic E-state index is 6.27. The van der Waals surface area contributed by atoms with Crippen LogP contribution < -0.4 is 15.8 Å². The minimum absolute atomic E-state index is 0.357. The number of nitrogen functional groups attached to an aromatic ring is 1. The smallest absolute Gasteiger partial charge is 0.119 e. The summed E-state index contributed by atoms with van der Waals surface area (Å²) in [5.74, 6) is 2.41. The molecule has 1 saturated carbocycles. The van der Waals surface area contributed by atoms with E-state index in [1.54, 1.807) is 0 Å². The first-order valence-corrected chi connectivity index (χ1v) is 9.88. The first kappa shape index (κ1) is 18.8. The van der Waals surface area contributed by atoms with Crippen LogP contribution in [0.4, 0.5) is 5.69 Å². The van der Waals surface area contributed by atoms with E-state index in [1.165, 1.54) is 36.8 Å². The van der Waals surface area contributed by atoms with Crippen LogP contribution >= 0.6 is 0 Å². The molecule has 3 nitrogen and oxygen atoms in total. The molecule has 0 heterocycles. The van der Waals surface area contributed by atoms with Gasteiger partial charge in [-0.25, -0.2) is 0 Å². The van der Waals surface area contributed by atoms with Crippen LogP contribution in [0.25, 0.3) is 0 Å². The standard InChI is InChI=1S/C23H32N2O/c1-17-5-3-7-22(13-17)26-23-8-4-6-20(14-23)18(2)15-25-16-19-9-11-21(24)12-10-19/h3,5,7,9-13,18,20,23,25H,4,6,8,14-16,24H2,1-2H3/t18?,20?,23-/m1/s1. The first-order chi connectivity index (χ1) is 12.6. The first-order valence-electron chi connectivity index (χ1n) is 9.88. The summed E-state index contributed by atoms with van der Waals surface area (Å²) in [6, 6.07) is 16.5. The van der Waals surface area contributed by atoms with Gasteiger partial charge in [0, 0.05) is 12.2 Å². The molecule has 3 atom stereocenters. The average molecular weight is 353 g/mol. The maximum Gasteiger partial charge on any atom is 0.119 e. The zero-order chi connectivity index (χ0) is 18.4. The molecular weight excluding hydrogens is 320 g/mol. The van der Waals surface area contributed by atoms with Crippen molar-refractivity contribution in [2.45, 2.75) is 52.2 Å². The van der Waals surface area contributed by atoms with Crippen molar-refractivity contribution in [1.29, 1.82) is 0 Å². The van der Waals surface area contributed by atoms with Crippen molar-refractivity contribution in [3.05, 3.63) is 59.7 Å². The molecule has 2 unspecified atom stereocenters. The minimum Gasteiger partial charge on any atom is -0.490 e. The molecule has 0 aromatic heterocycles. The molecular formula is C23H32N2O. The van der Waals surface area contributed by atoms with Crippen LogP contribution in [0.2, 0.25) is 0 Å². The van der Waals surface area contributed by atoms with Gasteiger partial charge in [-0.05, 0) is 86.4 Å². The van der Waals surface area contributed by atoms with Crippen LogP contribution in [-0.4, -0.2) is 12.6 Å². The Labute approximate surface area is 158 Å². The van der Waals surface area contributed by atoms with Crippen LogP contribution in [0.5, 0.6) is 5.75 Å². The van der Waals surface area contributed by atoms with Crippen LogP contribution in [0.1, 0.15) is 43.7 Å². The molecule has 0 aliphatic heterocycles. The Morgan fingerprint density at radius 1 is 1.15 bits per heavy atom. The Bertz CT molecular complexity index is 683. The summed E-state index contributed by atoms with van der Waals surface area (Å²) in [6.45, 7) is 6.44. The molecule has 1 aliphatic carbocycles. The van der Waals surface area contributed by atoms with Crippen molar-refractivity contribution in [2.24, 2.45) is 11.8 Å². The number of ether oxygens (including phenoxy) is 1. The SMILES string of the molecule is Cc1cccc(O[C@@H]2CCCC(C(C)CNCc3ccc(N)cc3)C2)c1. The normalized spacial score (nSPS) is 21.3. The van der Waals surface area contributed by atoms with Gasteiger partial charge < -0.3 is 15.8 Å². The van der Waals surface area contributed by atoms with Gasteiger partial charge in [-0.2, -0.15) is 0 Å². The molecule has 2 aromatic rings. The summed E-state index contributed by atoms with van der Waals surface area (Å²) in [5, 5.41) is 3.61. The monoisotopic (exact) mass is 352 g/mol. The third-order valence-electron chi connectivity index (χ3n) is 5.54. The van der Waals surface area contributed by atoms with Gasteiger partial charge in [-0.15, -0.1) is 0 Å². The fraction of sp³-hybridized carbons (Fsp3) is 0.478. The summed E-state index contributed by atoms with van der Waals surface area (Å²) < 4.78 is 6.27. The zero-order valence-electron chi connectivity index (χ0n) is 16.1. The summed E-state index contributed by atoms with van der Waals surface area (Å²) >= 11 is 0. The largest absolute Gasteiger partial charge is 0.490 e. The van der Waals surface area contributed by atoms with Gasteiger partial charge in [0.2, 0.25) is 0 Å².